The Labute approximate surface area is 47.8 Å². The second-order valence-electron chi connectivity index (χ2n) is 1.36. The molecule has 0 aromatic carbocycles. The van der Waals surface area contributed by atoms with Crippen LogP contribution in [0.2, 0.25) is 0 Å². The first-order valence-corrected chi connectivity index (χ1v) is 2.23. The zero-order valence-corrected chi connectivity index (χ0v) is 4.59. The SMILES string of the molecule is CN[C@@H](BO)C(=O)O. The number of hydrogen-bond acceptors (Lipinski definition) is 3. The predicted octanol–water partition coefficient (Wildman–Crippen LogP) is -2.04. The molecule has 0 aliphatic carbocycles. The third-order valence-electron chi connectivity index (χ3n) is 0.829. The largest absolute Gasteiger partial charge is 0.481 e. The van der Waals surface area contributed by atoms with Gasteiger partial charge in [-0.05, 0) is 7.05 Å². The van der Waals surface area contributed by atoms with Gasteiger partial charge in [0.1, 0.15) is 5.94 Å². The standard InChI is InChI=1S/C3H8BNO3/c1-5-2(4-8)3(6)7/h2,4-5,8H,1H3,(H,6,7)/t2-/m1/s1. The van der Waals surface area contributed by atoms with Crippen molar-refractivity contribution in [2.75, 3.05) is 7.05 Å². The Balaban J connectivity index is 3.52. The molecule has 0 aliphatic heterocycles. The summed E-state index contributed by atoms with van der Waals surface area (Å²) in [6.07, 6.45) is 0. The maximum absolute atomic E-state index is 9.94. The van der Waals surface area contributed by atoms with Crippen molar-refractivity contribution in [3.63, 3.8) is 0 Å². The topological polar surface area (TPSA) is 69.6 Å². The number of likely N-dealkylation sites (N-methyl/N-ethyl adjacent to an activating group) is 1. The van der Waals surface area contributed by atoms with Crippen molar-refractivity contribution in [1.82, 2.24) is 5.32 Å². The molecule has 0 radical (unpaired) electrons. The Morgan fingerprint density at radius 1 is 1.88 bits per heavy atom. The van der Waals surface area contributed by atoms with E-state index in [1.165, 1.54) is 7.05 Å². The van der Waals surface area contributed by atoms with Gasteiger partial charge >= 0.3 is 5.97 Å². The number of carbonyl (C=O) groups is 1. The first-order chi connectivity index (χ1) is 3.72. The van der Waals surface area contributed by atoms with Gasteiger partial charge in [0, 0.05) is 0 Å². The van der Waals surface area contributed by atoms with Gasteiger partial charge in [0.25, 0.3) is 7.48 Å². The lowest BCUT2D eigenvalue weighted by atomic mass is 9.89. The molecule has 1 atom stereocenters. The lowest BCUT2D eigenvalue weighted by Crippen LogP contribution is -2.39. The van der Waals surface area contributed by atoms with Crippen LogP contribution in [0, 0.1) is 0 Å². The summed E-state index contributed by atoms with van der Waals surface area (Å²) in [7, 11) is 1.11. The van der Waals surface area contributed by atoms with Gasteiger partial charge in [0.05, 0.1) is 0 Å². The molecule has 0 amide bonds. The Morgan fingerprint density at radius 2 is 2.38 bits per heavy atom. The number of carboxylic acid groups (broad SMARTS) is 1. The van der Waals surface area contributed by atoms with E-state index < -0.39 is 11.9 Å². The molecular formula is C3H8BNO3. The number of nitrogens with one attached hydrogen (secondary N) is 1. The molecular weight excluding hydrogens is 109 g/mol. The fourth-order valence-electron chi connectivity index (χ4n) is 0.293. The Kier molecular flexibility index (Phi) is 3.22. The molecule has 0 spiro atoms. The Morgan fingerprint density at radius 3 is 2.38 bits per heavy atom. The van der Waals surface area contributed by atoms with Gasteiger partial charge in [-0.1, -0.05) is 0 Å². The van der Waals surface area contributed by atoms with Crippen molar-refractivity contribution in [3.05, 3.63) is 0 Å². The van der Waals surface area contributed by atoms with Crippen LogP contribution in [-0.4, -0.2) is 36.6 Å². The van der Waals surface area contributed by atoms with E-state index in [2.05, 4.69) is 5.32 Å². The molecule has 0 unspecified atom stereocenters. The maximum atomic E-state index is 9.94. The number of aliphatic carboxylic acids is 1. The first-order valence-electron chi connectivity index (χ1n) is 2.23. The summed E-state index contributed by atoms with van der Waals surface area (Å²) < 4.78 is 0. The molecule has 3 N–H and O–H groups in total. The Hall–Kier alpha value is -0.545. The first kappa shape index (κ1) is 7.45. The molecule has 0 aliphatic rings. The molecule has 46 valence electrons. The third-order valence-corrected chi connectivity index (χ3v) is 0.829. The van der Waals surface area contributed by atoms with Crippen molar-refractivity contribution in [2.24, 2.45) is 0 Å². The van der Waals surface area contributed by atoms with Crippen LogP contribution in [0.4, 0.5) is 0 Å². The summed E-state index contributed by atoms with van der Waals surface area (Å²) >= 11 is 0. The van der Waals surface area contributed by atoms with E-state index >= 15 is 0 Å². The van der Waals surface area contributed by atoms with E-state index in [0.717, 1.165) is 0 Å². The van der Waals surface area contributed by atoms with E-state index in [9.17, 15) is 4.79 Å². The third kappa shape index (κ3) is 1.95. The van der Waals surface area contributed by atoms with Crippen LogP contribution in [0.15, 0.2) is 0 Å². The van der Waals surface area contributed by atoms with Crippen LogP contribution in [0.25, 0.3) is 0 Å². The van der Waals surface area contributed by atoms with Gasteiger partial charge < -0.3 is 15.4 Å². The highest BCUT2D eigenvalue weighted by Crippen LogP contribution is 1.74. The molecule has 0 bridgehead atoms. The summed E-state index contributed by atoms with van der Waals surface area (Å²) in [6.45, 7) is 0. The number of hydrogen-bond donors (Lipinski definition) is 3. The molecule has 4 nitrogen and oxygen atoms in total. The van der Waals surface area contributed by atoms with E-state index in [1.807, 2.05) is 0 Å². The molecule has 0 rings (SSSR count). The lowest BCUT2D eigenvalue weighted by molar-refractivity contribution is -0.137. The summed E-state index contributed by atoms with van der Waals surface area (Å²) in [6, 6.07) is 0. The maximum Gasteiger partial charge on any atom is 0.315 e. The van der Waals surface area contributed by atoms with Gasteiger partial charge in [-0.3, -0.25) is 4.79 Å². The minimum atomic E-state index is -1.03. The molecule has 0 saturated carbocycles. The van der Waals surface area contributed by atoms with Crippen molar-refractivity contribution in [3.8, 4) is 0 Å². The van der Waals surface area contributed by atoms with E-state index in [0.29, 0.717) is 0 Å². The average Bonchev–Trinajstić information content (AvgIpc) is 1.69. The van der Waals surface area contributed by atoms with Crippen LogP contribution in [0.5, 0.6) is 0 Å². The minimum absolute atomic E-state index is 0.369. The highest BCUT2D eigenvalue weighted by atomic mass is 16.4. The fourth-order valence-corrected chi connectivity index (χ4v) is 0.293. The summed E-state index contributed by atoms with van der Waals surface area (Å²) in [5.41, 5.74) is 0. The van der Waals surface area contributed by atoms with Crippen LogP contribution in [0.1, 0.15) is 0 Å². The van der Waals surface area contributed by atoms with E-state index in [1.54, 1.807) is 0 Å². The highest BCUT2D eigenvalue weighted by molar-refractivity contribution is 6.35. The van der Waals surface area contributed by atoms with Crippen molar-refractivity contribution >= 4 is 13.5 Å². The number of rotatable bonds is 3. The quantitative estimate of drug-likeness (QED) is 0.372. The van der Waals surface area contributed by atoms with Crippen molar-refractivity contribution in [2.45, 2.75) is 5.94 Å². The van der Waals surface area contributed by atoms with Crippen LogP contribution >= 0.6 is 0 Å². The zero-order chi connectivity index (χ0) is 6.57. The van der Waals surface area contributed by atoms with Crippen LogP contribution < -0.4 is 5.32 Å². The van der Waals surface area contributed by atoms with E-state index in [-0.39, 0.29) is 7.48 Å². The van der Waals surface area contributed by atoms with Gasteiger partial charge in [0.15, 0.2) is 0 Å². The van der Waals surface area contributed by atoms with Gasteiger partial charge in [-0.2, -0.15) is 0 Å². The molecule has 0 saturated heterocycles. The van der Waals surface area contributed by atoms with Crippen LogP contribution in [-0.2, 0) is 4.79 Å². The summed E-state index contributed by atoms with van der Waals surface area (Å²) in [5.74, 6) is -1.86. The molecule has 0 aromatic heterocycles. The summed E-state index contributed by atoms with van der Waals surface area (Å²) in [5, 5.41) is 18.8. The number of carboxylic acids is 1. The lowest BCUT2D eigenvalue weighted by Gasteiger charge is -2.02. The van der Waals surface area contributed by atoms with Gasteiger partial charge in [0.2, 0.25) is 0 Å². The predicted molar refractivity (Wildman–Crippen MR) is 29.9 cm³/mol. The monoisotopic (exact) mass is 117 g/mol. The minimum Gasteiger partial charge on any atom is -0.481 e. The van der Waals surface area contributed by atoms with Crippen molar-refractivity contribution in [1.29, 1.82) is 0 Å². The molecule has 5 heteroatoms. The highest BCUT2D eigenvalue weighted by Gasteiger charge is 2.13. The van der Waals surface area contributed by atoms with Crippen LogP contribution in [0.3, 0.4) is 0 Å². The Bertz CT molecular complexity index is 82.6. The zero-order valence-electron chi connectivity index (χ0n) is 4.59. The smallest absolute Gasteiger partial charge is 0.315 e. The van der Waals surface area contributed by atoms with Gasteiger partial charge in [-0.15, -0.1) is 0 Å². The second kappa shape index (κ2) is 3.46. The average molecular weight is 117 g/mol. The van der Waals surface area contributed by atoms with Crippen molar-refractivity contribution < 1.29 is 14.9 Å². The normalized spacial score (nSPS) is 12.8. The molecule has 0 heterocycles. The summed E-state index contributed by atoms with van der Waals surface area (Å²) in [4.78, 5) is 9.94. The van der Waals surface area contributed by atoms with E-state index in [4.69, 9.17) is 10.1 Å². The molecule has 0 aromatic rings. The molecule has 8 heavy (non-hydrogen) atoms. The fraction of sp³-hybridized carbons (Fsp3) is 0.667. The second-order valence-corrected chi connectivity index (χ2v) is 1.36. The molecule has 0 fully saturated rings. The van der Waals surface area contributed by atoms with Gasteiger partial charge in [-0.25, -0.2) is 0 Å².